The van der Waals surface area contributed by atoms with Crippen LogP contribution in [0.1, 0.15) is 19.3 Å². The number of hydrogen-bond acceptors (Lipinski definition) is 4. The normalized spacial score (nSPS) is 19.4. The van der Waals surface area contributed by atoms with E-state index in [4.69, 9.17) is 16.3 Å². The molecule has 0 bridgehead atoms. The summed E-state index contributed by atoms with van der Waals surface area (Å²) in [5.41, 5.74) is 2.90. The molecule has 4 heterocycles. The van der Waals surface area contributed by atoms with Crippen molar-refractivity contribution in [3.05, 3.63) is 72.1 Å². The van der Waals surface area contributed by atoms with Gasteiger partial charge >= 0.3 is 0 Å². The molecule has 1 unspecified atom stereocenters. The maximum Gasteiger partial charge on any atom is 0.242 e. The summed E-state index contributed by atoms with van der Waals surface area (Å²) >= 11 is 6.05. The third-order valence-electron chi connectivity index (χ3n) is 7.80. The van der Waals surface area contributed by atoms with Crippen LogP contribution in [0, 0.1) is 5.92 Å². The first-order chi connectivity index (χ1) is 17.9. The van der Waals surface area contributed by atoms with E-state index in [0.29, 0.717) is 31.0 Å². The Bertz CT molecular complexity index is 1510. The van der Waals surface area contributed by atoms with Gasteiger partial charge in [-0.3, -0.25) is 4.79 Å². The van der Waals surface area contributed by atoms with Crippen molar-refractivity contribution in [2.75, 3.05) is 20.2 Å². The lowest BCUT2D eigenvalue weighted by Crippen LogP contribution is -2.50. The number of carbonyl (C=O) groups is 1. The number of nitrogens with one attached hydrogen (secondary N) is 1. The Kier molecular flexibility index (Phi) is 6.05. The average molecular weight is 517 g/mol. The molecule has 1 aliphatic heterocycles. The predicted molar refractivity (Wildman–Crippen MR) is 146 cm³/mol. The smallest absolute Gasteiger partial charge is 0.242 e. The quantitative estimate of drug-likeness (QED) is 0.380. The van der Waals surface area contributed by atoms with Crippen LogP contribution in [-0.4, -0.2) is 56.2 Å². The highest BCUT2D eigenvalue weighted by Crippen LogP contribution is 2.37. The zero-order chi connectivity index (χ0) is 25.6. The van der Waals surface area contributed by atoms with Gasteiger partial charge in [-0.25, -0.2) is 4.98 Å². The molecule has 7 nitrogen and oxygen atoms in total. The Morgan fingerprint density at radius 1 is 1.27 bits per heavy atom. The molecule has 0 spiro atoms. The van der Waals surface area contributed by atoms with Gasteiger partial charge in [0.15, 0.2) is 0 Å². The molecule has 1 aromatic carbocycles. The molecule has 1 aliphatic carbocycles. The number of hydrogen-bond donors (Lipinski definition) is 2. The Balaban J connectivity index is 1.24. The zero-order valence-electron chi connectivity index (χ0n) is 20.7. The summed E-state index contributed by atoms with van der Waals surface area (Å²) < 4.78 is 7.49. The van der Waals surface area contributed by atoms with Gasteiger partial charge in [0.25, 0.3) is 0 Å². The van der Waals surface area contributed by atoms with Gasteiger partial charge in [0.05, 0.1) is 12.7 Å². The van der Waals surface area contributed by atoms with Crippen molar-refractivity contribution in [2.45, 2.75) is 31.4 Å². The monoisotopic (exact) mass is 516 g/mol. The highest BCUT2D eigenvalue weighted by atomic mass is 35.5. The molecule has 8 heteroatoms. The molecule has 1 atom stereocenters. The van der Waals surface area contributed by atoms with Gasteiger partial charge in [-0.05, 0) is 61.7 Å². The third-order valence-corrected chi connectivity index (χ3v) is 8.08. The van der Waals surface area contributed by atoms with E-state index >= 15 is 0 Å². The van der Waals surface area contributed by atoms with Crippen molar-refractivity contribution >= 4 is 39.4 Å². The first kappa shape index (κ1) is 23.8. The second-order valence-electron chi connectivity index (χ2n) is 9.95. The lowest BCUT2D eigenvalue weighted by atomic mass is 9.76. The van der Waals surface area contributed by atoms with Gasteiger partial charge in [0.2, 0.25) is 5.91 Å². The topological polar surface area (TPSA) is 83.4 Å². The molecular weight excluding hydrogens is 488 g/mol. The van der Waals surface area contributed by atoms with Gasteiger partial charge in [0, 0.05) is 64.0 Å². The molecule has 1 amide bonds. The molecule has 3 aromatic heterocycles. The number of aliphatic hydroxyl groups is 1. The summed E-state index contributed by atoms with van der Waals surface area (Å²) in [7, 11) is 1.65. The minimum absolute atomic E-state index is 0.0315. The number of halogens is 1. The van der Waals surface area contributed by atoms with Gasteiger partial charge in [-0.15, -0.1) is 0 Å². The second-order valence-corrected chi connectivity index (χ2v) is 10.4. The van der Waals surface area contributed by atoms with E-state index in [-0.39, 0.29) is 18.4 Å². The van der Waals surface area contributed by atoms with Crippen LogP contribution in [0.15, 0.2) is 72.1 Å². The lowest BCUT2D eigenvalue weighted by Gasteiger charge is -2.42. The highest BCUT2D eigenvalue weighted by Gasteiger charge is 2.39. The van der Waals surface area contributed by atoms with Crippen LogP contribution in [0.4, 0.5) is 0 Å². The lowest BCUT2D eigenvalue weighted by molar-refractivity contribution is -0.137. The summed E-state index contributed by atoms with van der Waals surface area (Å²) in [5, 5.41) is 14.0. The largest absolute Gasteiger partial charge is 0.497 e. The Morgan fingerprint density at radius 2 is 2.11 bits per heavy atom. The number of aromatic amines is 1. The number of aromatic nitrogens is 3. The maximum atomic E-state index is 13.4. The fraction of sp³-hybridized carbons (Fsp3) is 0.310. The van der Waals surface area contributed by atoms with Crippen molar-refractivity contribution in [1.29, 1.82) is 0 Å². The summed E-state index contributed by atoms with van der Waals surface area (Å²) in [6, 6.07) is 11.9. The van der Waals surface area contributed by atoms with Crippen molar-refractivity contribution in [3.63, 3.8) is 0 Å². The standard InChI is InChI=1S/C29H29ClN4O3/c1-37-22-8-9-26-23(16-22)24(25-15-19-3-2-12-31-28(19)32-25)17-34(26)18-27(35)33-13-10-29(36,11-14-33)20-4-6-21(30)7-5-20/h2-4,6-9,12,15-17,20,36H,5,10-11,13-14,18H2,1H3,(H,31,32). The van der Waals surface area contributed by atoms with Gasteiger partial charge < -0.3 is 24.3 Å². The Hall–Kier alpha value is -3.55. The number of ether oxygens (including phenoxy) is 1. The Morgan fingerprint density at radius 3 is 2.84 bits per heavy atom. The van der Waals surface area contributed by atoms with Crippen LogP contribution < -0.4 is 4.74 Å². The van der Waals surface area contributed by atoms with Crippen molar-refractivity contribution in [2.24, 2.45) is 5.92 Å². The van der Waals surface area contributed by atoms with Gasteiger partial charge in [-0.1, -0.05) is 23.8 Å². The predicted octanol–water partition coefficient (Wildman–Crippen LogP) is 5.25. The van der Waals surface area contributed by atoms with Gasteiger partial charge in [0.1, 0.15) is 17.9 Å². The molecule has 1 saturated heterocycles. The summed E-state index contributed by atoms with van der Waals surface area (Å²) in [6.45, 7) is 1.29. The molecule has 0 saturated carbocycles. The number of benzene rings is 1. The Labute approximate surface area is 220 Å². The van der Waals surface area contributed by atoms with E-state index in [1.807, 2.05) is 64.2 Å². The maximum absolute atomic E-state index is 13.4. The molecule has 190 valence electrons. The second kappa shape index (κ2) is 9.39. The molecular formula is C29H29ClN4O3. The number of nitrogens with zero attached hydrogens (tertiary/aromatic N) is 3. The van der Waals surface area contributed by atoms with E-state index in [1.165, 1.54) is 0 Å². The average Bonchev–Trinajstić information content (AvgIpc) is 3.50. The van der Waals surface area contributed by atoms with Crippen LogP contribution in [0.2, 0.25) is 0 Å². The number of carbonyl (C=O) groups excluding carboxylic acids is 1. The van der Waals surface area contributed by atoms with Crippen LogP contribution in [0.25, 0.3) is 33.2 Å². The molecule has 37 heavy (non-hydrogen) atoms. The van der Waals surface area contributed by atoms with Crippen molar-refractivity contribution in [3.8, 4) is 17.0 Å². The fourth-order valence-corrected chi connectivity index (χ4v) is 5.77. The van der Waals surface area contributed by atoms with Gasteiger partial charge in [-0.2, -0.15) is 0 Å². The number of piperidine rings is 1. The number of fused-ring (bicyclic) bond motifs is 2. The number of allylic oxidation sites excluding steroid dienone is 3. The SMILES string of the molecule is COc1ccc2c(c1)c(-c1cc3cccnc3[nH]1)cn2CC(=O)N1CCC(O)(C2C=CC(Cl)=CC2)CC1. The van der Waals surface area contributed by atoms with Crippen molar-refractivity contribution < 1.29 is 14.6 Å². The van der Waals surface area contributed by atoms with E-state index in [9.17, 15) is 9.90 Å². The minimum atomic E-state index is -0.811. The third kappa shape index (κ3) is 4.43. The van der Waals surface area contributed by atoms with E-state index in [2.05, 4.69) is 16.0 Å². The van der Waals surface area contributed by atoms with Crippen LogP contribution in [0.5, 0.6) is 5.75 Å². The van der Waals surface area contributed by atoms with E-state index < -0.39 is 5.60 Å². The number of rotatable bonds is 5. The zero-order valence-corrected chi connectivity index (χ0v) is 21.4. The number of methoxy groups -OCH3 is 1. The number of pyridine rings is 1. The van der Waals surface area contributed by atoms with Crippen LogP contribution in [-0.2, 0) is 11.3 Å². The molecule has 2 N–H and O–H groups in total. The highest BCUT2D eigenvalue weighted by molar-refractivity contribution is 6.31. The molecule has 4 aromatic rings. The number of likely N-dealkylation sites (tertiary alicyclic amines) is 1. The first-order valence-electron chi connectivity index (χ1n) is 12.6. The molecule has 6 rings (SSSR count). The minimum Gasteiger partial charge on any atom is -0.497 e. The number of H-pyrrole nitrogens is 1. The molecule has 2 aliphatic rings. The summed E-state index contributed by atoms with van der Waals surface area (Å²) in [6.07, 6.45) is 11.4. The first-order valence-corrected chi connectivity index (χ1v) is 13.0. The molecule has 0 radical (unpaired) electrons. The van der Waals surface area contributed by atoms with Crippen LogP contribution in [0.3, 0.4) is 0 Å². The van der Waals surface area contributed by atoms with E-state index in [0.717, 1.165) is 45.4 Å². The summed E-state index contributed by atoms with van der Waals surface area (Å²) in [5.74, 6) is 0.834. The van der Waals surface area contributed by atoms with Crippen LogP contribution >= 0.6 is 11.6 Å². The fourth-order valence-electron chi connectivity index (χ4n) is 5.60. The summed E-state index contributed by atoms with van der Waals surface area (Å²) in [4.78, 5) is 23.1. The molecule has 1 fully saturated rings. The van der Waals surface area contributed by atoms with Crippen molar-refractivity contribution in [1.82, 2.24) is 19.4 Å². The number of amides is 1. The van der Waals surface area contributed by atoms with E-state index in [1.54, 1.807) is 13.3 Å².